The van der Waals surface area contributed by atoms with E-state index in [2.05, 4.69) is 28.5 Å². The number of thioether (sulfide) groups is 1. The molecule has 0 radical (unpaired) electrons. The van der Waals surface area contributed by atoms with Crippen LogP contribution >= 0.6 is 23.1 Å². The van der Waals surface area contributed by atoms with Gasteiger partial charge in [-0.15, -0.1) is 21.5 Å². The summed E-state index contributed by atoms with van der Waals surface area (Å²) in [5.74, 6) is 1.44. The largest absolute Gasteiger partial charge is 0.336 e. The number of nitrogens with zero attached hydrogens (tertiary/aromatic N) is 4. The zero-order valence-corrected chi connectivity index (χ0v) is 18.0. The first-order chi connectivity index (χ1) is 13.5. The highest BCUT2D eigenvalue weighted by Gasteiger charge is 2.31. The number of amides is 3. The minimum absolute atomic E-state index is 0.193. The van der Waals surface area contributed by atoms with Crippen LogP contribution in [-0.4, -0.2) is 49.9 Å². The van der Waals surface area contributed by atoms with E-state index in [0.717, 1.165) is 29.5 Å². The molecule has 1 saturated heterocycles. The van der Waals surface area contributed by atoms with Crippen molar-refractivity contribution in [1.82, 2.24) is 25.0 Å². The number of rotatable bonds is 5. The fourth-order valence-corrected chi connectivity index (χ4v) is 5.91. The quantitative estimate of drug-likeness (QED) is 0.754. The third-order valence-electron chi connectivity index (χ3n) is 5.57. The Kier molecular flexibility index (Phi) is 5.46. The van der Waals surface area contributed by atoms with Crippen LogP contribution in [-0.2, 0) is 24.7 Å². The molecule has 150 valence electrons. The topological polar surface area (TPSA) is 80.1 Å². The van der Waals surface area contributed by atoms with Gasteiger partial charge in [-0.1, -0.05) is 25.1 Å². The van der Waals surface area contributed by atoms with Gasteiger partial charge in [0.15, 0.2) is 11.0 Å². The van der Waals surface area contributed by atoms with E-state index >= 15 is 0 Å². The first-order valence-electron chi connectivity index (χ1n) is 9.75. The molecule has 0 spiro atoms. The molecule has 1 aliphatic heterocycles. The Morgan fingerprint density at radius 1 is 1.46 bits per heavy atom. The molecule has 4 rings (SSSR count). The molecule has 28 heavy (non-hydrogen) atoms. The lowest BCUT2D eigenvalue weighted by Gasteiger charge is -2.19. The standard InChI is InChI=1S/C19H25N5O2S2/c1-4-12-5-6-14-13(9-12)10-15(28-14)16-21-22-19(23(16)3)27-11(2)17(25)24-8-7-20-18(24)26/h10-12H,4-9H2,1-3H3,(H,20,26)/t11-,12+/m1/s1. The van der Waals surface area contributed by atoms with E-state index in [9.17, 15) is 9.59 Å². The van der Waals surface area contributed by atoms with Crippen LogP contribution in [0.3, 0.4) is 0 Å². The molecule has 3 amide bonds. The van der Waals surface area contributed by atoms with Gasteiger partial charge in [0.1, 0.15) is 0 Å². The van der Waals surface area contributed by atoms with Crippen LogP contribution in [0.5, 0.6) is 0 Å². The number of hydrogen-bond donors (Lipinski definition) is 1. The second kappa shape index (κ2) is 7.87. The minimum Gasteiger partial charge on any atom is -0.336 e. The molecule has 0 aromatic carbocycles. The number of fused-ring (bicyclic) bond motifs is 1. The molecule has 1 fully saturated rings. The van der Waals surface area contributed by atoms with Crippen LogP contribution in [0.1, 0.15) is 37.1 Å². The molecule has 2 aromatic heterocycles. The van der Waals surface area contributed by atoms with Crippen molar-refractivity contribution in [3.05, 3.63) is 16.5 Å². The van der Waals surface area contributed by atoms with Gasteiger partial charge in [-0.2, -0.15) is 0 Å². The van der Waals surface area contributed by atoms with Crippen molar-refractivity contribution in [3.8, 4) is 10.7 Å². The second-order valence-electron chi connectivity index (χ2n) is 7.42. The van der Waals surface area contributed by atoms with Crippen LogP contribution in [0, 0.1) is 5.92 Å². The van der Waals surface area contributed by atoms with Gasteiger partial charge < -0.3 is 9.88 Å². The number of thiophene rings is 1. The summed E-state index contributed by atoms with van der Waals surface area (Å²) >= 11 is 3.16. The lowest BCUT2D eigenvalue weighted by atomic mass is 9.87. The van der Waals surface area contributed by atoms with Gasteiger partial charge in [0, 0.05) is 25.0 Å². The highest BCUT2D eigenvalue weighted by molar-refractivity contribution is 8.00. The first kappa shape index (κ1) is 19.4. The third kappa shape index (κ3) is 3.57. The fourth-order valence-electron chi connectivity index (χ4n) is 3.80. The van der Waals surface area contributed by atoms with E-state index in [1.54, 1.807) is 0 Å². The number of carbonyl (C=O) groups excluding carboxylic acids is 2. The molecule has 0 unspecified atom stereocenters. The van der Waals surface area contributed by atoms with Gasteiger partial charge in [0.05, 0.1) is 10.1 Å². The fraction of sp³-hybridized carbons (Fsp3) is 0.579. The molecular weight excluding hydrogens is 394 g/mol. The van der Waals surface area contributed by atoms with Crippen molar-refractivity contribution in [1.29, 1.82) is 0 Å². The summed E-state index contributed by atoms with van der Waals surface area (Å²) in [7, 11) is 1.94. The van der Waals surface area contributed by atoms with Crippen molar-refractivity contribution < 1.29 is 9.59 Å². The molecule has 0 saturated carbocycles. The predicted octanol–water partition coefficient (Wildman–Crippen LogP) is 3.09. The molecule has 9 heteroatoms. The minimum atomic E-state index is -0.401. The highest BCUT2D eigenvalue weighted by atomic mass is 32.2. The molecule has 2 atom stereocenters. The summed E-state index contributed by atoms with van der Waals surface area (Å²) in [6, 6.07) is 1.95. The van der Waals surface area contributed by atoms with E-state index < -0.39 is 5.25 Å². The number of aryl methyl sites for hydroxylation is 1. The van der Waals surface area contributed by atoms with Gasteiger partial charge in [-0.3, -0.25) is 9.69 Å². The van der Waals surface area contributed by atoms with Gasteiger partial charge in [-0.05, 0) is 43.7 Å². The maximum absolute atomic E-state index is 12.5. The summed E-state index contributed by atoms with van der Waals surface area (Å²) in [6.45, 7) is 5.01. The van der Waals surface area contributed by atoms with Crippen molar-refractivity contribution in [2.75, 3.05) is 13.1 Å². The summed E-state index contributed by atoms with van der Waals surface area (Å²) in [6.07, 6.45) is 4.82. The van der Waals surface area contributed by atoms with E-state index in [4.69, 9.17) is 0 Å². The van der Waals surface area contributed by atoms with Crippen LogP contribution < -0.4 is 5.32 Å². The SMILES string of the molecule is CC[C@H]1CCc2sc(-c3nnc(S[C@H](C)C(=O)N4CCNC4=O)n3C)cc2C1. The number of nitrogens with one attached hydrogen (secondary N) is 1. The first-order valence-corrected chi connectivity index (χ1v) is 11.4. The van der Waals surface area contributed by atoms with E-state index in [-0.39, 0.29) is 11.9 Å². The molecule has 1 aliphatic carbocycles. The Balaban J connectivity index is 1.50. The Hall–Kier alpha value is -1.87. The summed E-state index contributed by atoms with van der Waals surface area (Å²) < 4.78 is 1.95. The van der Waals surface area contributed by atoms with Crippen LogP contribution in [0.2, 0.25) is 0 Å². The Morgan fingerprint density at radius 3 is 3.00 bits per heavy atom. The Labute approximate surface area is 172 Å². The lowest BCUT2D eigenvalue weighted by Crippen LogP contribution is -2.39. The van der Waals surface area contributed by atoms with E-state index in [0.29, 0.717) is 18.2 Å². The average molecular weight is 420 g/mol. The summed E-state index contributed by atoms with van der Waals surface area (Å²) in [5.41, 5.74) is 1.46. The molecule has 3 heterocycles. The monoisotopic (exact) mass is 419 g/mol. The smallest absolute Gasteiger partial charge is 0.324 e. The number of imide groups is 1. The normalized spacial score (nSPS) is 20.2. The Morgan fingerprint density at radius 2 is 2.29 bits per heavy atom. The second-order valence-corrected chi connectivity index (χ2v) is 9.87. The maximum atomic E-state index is 12.5. The number of urea groups is 1. The molecule has 2 aliphatic rings. The van der Waals surface area contributed by atoms with Crippen molar-refractivity contribution in [2.45, 2.75) is 49.9 Å². The summed E-state index contributed by atoms with van der Waals surface area (Å²) in [5, 5.41) is 11.6. The van der Waals surface area contributed by atoms with Crippen LogP contribution in [0.25, 0.3) is 10.7 Å². The Bertz CT molecular complexity index is 906. The zero-order valence-electron chi connectivity index (χ0n) is 16.4. The third-order valence-corrected chi connectivity index (χ3v) is 7.92. The number of hydrogen-bond acceptors (Lipinski definition) is 6. The van der Waals surface area contributed by atoms with Gasteiger partial charge in [0.25, 0.3) is 0 Å². The van der Waals surface area contributed by atoms with Crippen LogP contribution in [0.15, 0.2) is 11.2 Å². The highest BCUT2D eigenvalue weighted by Crippen LogP contribution is 2.38. The average Bonchev–Trinajstić information content (AvgIpc) is 3.39. The van der Waals surface area contributed by atoms with E-state index in [1.807, 2.05) is 29.9 Å². The summed E-state index contributed by atoms with van der Waals surface area (Å²) in [4.78, 5) is 28.1. The molecule has 2 aromatic rings. The van der Waals surface area contributed by atoms with Crippen molar-refractivity contribution in [2.24, 2.45) is 13.0 Å². The maximum Gasteiger partial charge on any atom is 0.324 e. The van der Waals surface area contributed by atoms with E-state index in [1.165, 1.54) is 39.9 Å². The van der Waals surface area contributed by atoms with Gasteiger partial charge in [-0.25, -0.2) is 4.79 Å². The number of carbonyl (C=O) groups is 2. The van der Waals surface area contributed by atoms with Crippen molar-refractivity contribution in [3.63, 3.8) is 0 Å². The van der Waals surface area contributed by atoms with Crippen LogP contribution in [0.4, 0.5) is 4.79 Å². The zero-order chi connectivity index (χ0) is 19.8. The molecule has 0 bridgehead atoms. The van der Waals surface area contributed by atoms with Gasteiger partial charge in [0.2, 0.25) is 5.91 Å². The predicted molar refractivity (Wildman–Crippen MR) is 111 cm³/mol. The van der Waals surface area contributed by atoms with Gasteiger partial charge >= 0.3 is 6.03 Å². The van der Waals surface area contributed by atoms with Crippen molar-refractivity contribution >= 4 is 35.0 Å². The lowest BCUT2D eigenvalue weighted by molar-refractivity contribution is -0.126. The molecular formula is C19H25N5O2S2. The molecule has 7 nitrogen and oxygen atoms in total. The molecule has 1 N–H and O–H groups in total. The number of aromatic nitrogens is 3.